The van der Waals surface area contributed by atoms with Crippen LogP contribution in [0.15, 0.2) is 67.3 Å². The predicted octanol–water partition coefficient (Wildman–Crippen LogP) is 3.50. The number of rotatable bonds is 3. The van der Waals surface area contributed by atoms with Crippen LogP contribution >= 0.6 is 0 Å². The summed E-state index contributed by atoms with van der Waals surface area (Å²) in [4.78, 5) is 23.1. The molecule has 4 rings (SSSR count). The van der Waals surface area contributed by atoms with E-state index in [1.807, 2.05) is 54.4 Å². The number of nitrogens with zero attached hydrogens (tertiary/aromatic N) is 3. The average Bonchev–Trinajstić information content (AvgIpc) is 2.88. The van der Waals surface area contributed by atoms with Gasteiger partial charge >= 0.3 is 0 Å². The van der Waals surface area contributed by atoms with Crippen LogP contribution in [0.1, 0.15) is 18.1 Å². The van der Waals surface area contributed by atoms with E-state index in [0.29, 0.717) is 19.6 Å². The zero-order chi connectivity index (χ0) is 18.6. The van der Waals surface area contributed by atoms with Gasteiger partial charge in [-0.15, -0.1) is 0 Å². The highest BCUT2D eigenvalue weighted by Crippen LogP contribution is 2.30. The van der Waals surface area contributed by atoms with Crippen LogP contribution in [0, 0.1) is 0 Å². The zero-order valence-corrected chi connectivity index (χ0v) is 15.2. The first-order chi connectivity index (χ1) is 13.2. The maximum Gasteiger partial charge on any atom is 0.227 e. The summed E-state index contributed by atoms with van der Waals surface area (Å²) in [6.07, 6.45) is 7.40. The summed E-state index contributed by atoms with van der Waals surface area (Å²) in [6.45, 7) is 3.04. The third-order valence-corrected chi connectivity index (χ3v) is 4.81. The topological polar surface area (TPSA) is 55.3 Å². The van der Waals surface area contributed by atoms with E-state index in [2.05, 4.69) is 16.0 Å². The Morgan fingerprint density at radius 2 is 1.93 bits per heavy atom. The number of aromatic nitrogens is 2. The van der Waals surface area contributed by atoms with Crippen LogP contribution in [0.3, 0.4) is 0 Å². The van der Waals surface area contributed by atoms with Crippen LogP contribution < -0.4 is 4.74 Å². The Bertz CT molecular complexity index is 929. The highest BCUT2D eigenvalue weighted by Gasteiger charge is 2.26. The van der Waals surface area contributed by atoms with E-state index in [-0.39, 0.29) is 11.9 Å². The minimum Gasteiger partial charge on any atom is -0.491 e. The summed E-state index contributed by atoms with van der Waals surface area (Å²) in [6, 6.07) is 13.8. The summed E-state index contributed by atoms with van der Waals surface area (Å²) >= 11 is 0. The number of carbonyl (C=O) groups excluding carboxylic acids is 1. The molecule has 1 aliphatic heterocycles. The Morgan fingerprint density at radius 3 is 2.67 bits per heavy atom. The summed E-state index contributed by atoms with van der Waals surface area (Å²) in [5.74, 6) is 0.921. The van der Waals surface area contributed by atoms with Gasteiger partial charge in [-0.2, -0.15) is 0 Å². The number of ether oxygens (including phenoxy) is 1. The molecule has 136 valence electrons. The number of pyridine rings is 2. The number of fused-ring (bicyclic) bond motifs is 1. The van der Waals surface area contributed by atoms with Crippen LogP contribution in [0.5, 0.6) is 5.75 Å². The lowest BCUT2D eigenvalue weighted by atomic mass is 10.0. The van der Waals surface area contributed by atoms with Gasteiger partial charge in [-0.25, -0.2) is 0 Å². The monoisotopic (exact) mass is 359 g/mol. The molecule has 0 bridgehead atoms. The summed E-state index contributed by atoms with van der Waals surface area (Å²) in [5, 5.41) is 0. The molecule has 0 N–H and O–H groups in total. The number of carbonyl (C=O) groups is 1. The van der Waals surface area contributed by atoms with Gasteiger partial charge < -0.3 is 9.64 Å². The van der Waals surface area contributed by atoms with E-state index >= 15 is 0 Å². The number of hydrogen-bond donors (Lipinski definition) is 0. The minimum atomic E-state index is 0.00316. The zero-order valence-electron chi connectivity index (χ0n) is 15.2. The molecule has 3 aromatic rings. The Hall–Kier alpha value is -3.21. The largest absolute Gasteiger partial charge is 0.491 e. The highest BCUT2D eigenvalue weighted by atomic mass is 16.5. The molecule has 1 amide bonds. The first-order valence-corrected chi connectivity index (χ1v) is 9.05. The molecule has 0 aliphatic carbocycles. The summed E-state index contributed by atoms with van der Waals surface area (Å²) < 4.78 is 5.96. The van der Waals surface area contributed by atoms with Crippen molar-refractivity contribution in [2.24, 2.45) is 0 Å². The van der Waals surface area contributed by atoms with E-state index in [1.165, 1.54) is 0 Å². The molecule has 5 nitrogen and oxygen atoms in total. The van der Waals surface area contributed by atoms with Crippen molar-refractivity contribution in [3.8, 4) is 16.9 Å². The summed E-state index contributed by atoms with van der Waals surface area (Å²) in [5.41, 5.74) is 4.05. The van der Waals surface area contributed by atoms with Crippen molar-refractivity contribution in [2.75, 3.05) is 6.61 Å². The van der Waals surface area contributed by atoms with Gasteiger partial charge in [0.2, 0.25) is 5.91 Å². The molecule has 0 fully saturated rings. The van der Waals surface area contributed by atoms with Crippen LogP contribution in [0.25, 0.3) is 11.1 Å². The molecule has 1 atom stereocenters. The van der Waals surface area contributed by atoms with E-state index in [0.717, 1.165) is 28.0 Å². The molecule has 5 heteroatoms. The second kappa shape index (κ2) is 7.58. The Kier molecular flexibility index (Phi) is 4.83. The fourth-order valence-corrected chi connectivity index (χ4v) is 3.31. The Labute approximate surface area is 158 Å². The molecule has 1 aliphatic rings. The highest BCUT2D eigenvalue weighted by molar-refractivity contribution is 5.79. The van der Waals surface area contributed by atoms with Crippen molar-refractivity contribution in [1.29, 1.82) is 0 Å². The molecule has 0 unspecified atom stereocenters. The molecular formula is C22H21N3O2. The van der Waals surface area contributed by atoms with Crippen molar-refractivity contribution in [1.82, 2.24) is 14.9 Å². The third kappa shape index (κ3) is 3.82. The fraction of sp³-hybridized carbons (Fsp3) is 0.227. The van der Waals surface area contributed by atoms with Gasteiger partial charge in [0.05, 0.1) is 12.5 Å². The van der Waals surface area contributed by atoms with Gasteiger partial charge in [0.1, 0.15) is 12.4 Å². The number of hydrogen-bond acceptors (Lipinski definition) is 4. The van der Waals surface area contributed by atoms with Gasteiger partial charge in [-0.05, 0) is 42.3 Å². The first-order valence-electron chi connectivity index (χ1n) is 9.05. The molecule has 0 saturated heterocycles. The molecule has 0 radical (unpaired) electrons. The van der Waals surface area contributed by atoms with Crippen molar-refractivity contribution in [3.63, 3.8) is 0 Å². The van der Waals surface area contributed by atoms with Crippen LogP contribution in [-0.2, 0) is 17.8 Å². The van der Waals surface area contributed by atoms with Crippen LogP contribution in [0.4, 0.5) is 0 Å². The van der Waals surface area contributed by atoms with E-state index < -0.39 is 0 Å². The van der Waals surface area contributed by atoms with E-state index in [1.54, 1.807) is 18.6 Å². The molecule has 1 aromatic carbocycles. The van der Waals surface area contributed by atoms with Gasteiger partial charge in [0, 0.05) is 42.5 Å². The van der Waals surface area contributed by atoms with Crippen molar-refractivity contribution in [2.45, 2.75) is 25.9 Å². The maximum atomic E-state index is 12.9. The smallest absolute Gasteiger partial charge is 0.227 e. The Morgan fingerprint density at radius 1 is 1.11 bits per heavy atom. The van der Waals surface area contributed by atoms with E-state index in [9.17, 15) is 4.79 Å². The minimum absolute atomic E-state index is 0.00316. The maximum absolute atomic E-state index is 12.9. The lowest BCUT2D eigenvalue weighted by Crippen LogP contribution is -2.40. The average molecular weight is 359 g/mol. The van der Waals surface area contributed by atoms with E-state index in [4.69, 9.17) is 4.74 Å². The number of benzene rings is 1. The lowest BCUT2D eigenvalue weighted by molar-refractivity contribution is -0.133. The quantitative estimate of drug-likeness (QED) is 0.718. The molecule has 0 saturated carbocycles. The van der Waals surface area contributed by atoms with Crippen LogP contribution in [-0.4, -0.2) is 33.4 Å². The molecule has 3 heterocycles. The SMILES string of the molecule is C[C@H]1COc2ccc(-c3cccnc3)cc2CN1C(=O)Cc1cccnc1. The second-order valence-corrected chi connectivity index (χ2v) is 6.78. The third-order valence-electron chi connectivity index (χ3n) is 4.81. The van der Waals surface area contributed by atoms with Gasteiger partial charge in [0.25, 0.3) is 0 Å². The van der Waals surface area contributed by atoms with Gasteiger partial charge in [-0.3, -0.25) is 14.8 Å². The fourth-order valence-electron chi connectivity index (χ4n) is 3.31. The number of amides is 1. The lowest BCUT2D eigenvalue weighted by Gasteiger charge is -2.26. The standard InChI is InChI=1S/C22H21N3O2/c1-16-15-27-21-7-6-18(19-5-3-9-24-13-19)11-20(21)14-25(16)22(26)10-17-4-2-8-23-12-17/h2-9,11-13,16H,10,14-15H2,1H3/t16-/m0/s1. The first kappa shape index (κ1) is 17.2. The molecule has 27 heavy (non-hydrogen) atoms. The summed E-state index contributed by atoms with van der Waals surface area (Å²) in [7, 11) is 0. The van der Waals surface area contributed by atoms with Gasteiger partial charge in [0.15, 0.2) is 0 Å². The van der Waals surface area contributed by atoms with Crippen molar-refractivity contribution >= 4 is 5.91 Å². The normalized spacial score (nSPS) is 16.2. The molecule has 2 aromatic heterocycles. The second-order valence-electron chi connectivity index (χ2n) is 6.78. The Balaban J connectivity index is 1.60. The van der Waals surface area contributed by atoms with Gasteiger partial charge in [-0.1, -0.05) is 18.2 Å². The van der Waals surface area contributed by atoms with Crippen LogP contribution in [0.2, 0.25) is 0 Å². The van der Waals surface area contributed by atoms with Crippen molar-refractivity contribution in [3.05, 3.63) is 78.4 Å². The molecular weight excluding hydrogens is 338 g/mol. The molecule has 0 spiro atoms. The predicted molar refractivity (Wildman–Crippen MR) is 103 cm³/mol. The van der Waals surface area contributed by atoms with Crippen molar-refractivity contribution < 1.29 is 9.53 Å².